The molecule has 1 aromatic heterocycles. The van der Waals surface area contributed by atoms with Gasteiger partial charge in [-0.1, -0.05) is 6.07 Å². The number of piperidine rings is 1. The quantitative estimate of drug-likeness (QED) is 0.629. The number of likely N-dealkylation sites (tertiary alicyclic amines) is 1. The van der Waals surface area contributed by atoms with Gasteiger partial charge in [0.15, 0.2) is 0 Å². The third-order valence-corrected chi connectivity index (χ3v) is 4.34. The lowest BCUT2D eigenvalue weighted by atomic mass is 9.97. The van der Waals surface area contributed by atoms with E-state index in [4.69, 9.17) is 5.73 Å². The molecule has 7 heteroatoms. The molecular formula is C14H20N4O2S. The Balaban J connectivity index is 1.68. The fourth-order valence-electron chi connectivity index (χ4n) is 2.30. The van der Waals surface area contributed by atoms with Gasteiger partial charge in [0.05, 0.1) is 10.9 Å². The molecule has 0 aromatic carbocycles. The molecule has 0 radical (unpaired) electrons. The summed E-state index contributed by atoms with van der Waals surface area (Å²) in [5.41, 5.74) is 5.26. The number of rotatable bonds is 5. The molecule has 0 unspecified atom stereocenters. The number of nitrogens with two attached hydrogens (primary N) is 1. The van der Waals surface area contributed by atoms with Crippen LogP contribution in [0.5, 0.6) is 0 Å². The number of hydrogen-bond acceptors (Lipinski definition) is 4. The zero-order valence-corrected chi connectivity index (χ0v) is 12.6. The van der Waals surface area contributed by atoms with Crippen LogP contribution in [0.15, 0.2) is 29.4 Å². The zero-order valence-electron chi connectivity index (χ0n) is 11.8. The Kier molecular flexibility index (Phi) is 5.86. The topological polar surface area (TPSA) is 88.3 Å². The largest absolute Gasteiger partial charge is 0.355 e. The number of amides is 3. The average molecular weight is 308 g/mol. The lowest BCUT2D eigenvalue weighted by molar-refractivity contribution is -0.126. The fraction of sp³-hybridized carbons (Fsp3) is 0.500. The van der Waals surface area contributed by atoms with Crippen LogP contribution in [0.2, 0.25) is 0 Å². The summed E-state index contributed by atoms with van der Waals surface area (Å²) in [7, 11) is 0. The van der Waals surface area contributed by atoms with Crippen LogP contribution in [0.1, 0.15) is 12.8 Å². The Morgan fingerprint density at radius 3 is 3.05 bits per heavy atom. The highest BCUT2D eigenvalue weighted by Gasteiger charge is 2.26. The van der Waals surface area contributed by atoms with Gasteiger partial charge in [-0.05, 0) is 25.0 Å². The van der Waals surface area contributed by atoms with Gasteiger partial charge in [0.2, 0.25) is 5.91 Å². The first-order valence-electron chi connectivity index (χ1n) is 7.02. The number of carbonyl (C=O) groups is 2. The minimum absolute atomic E-state index is 0.00238. The first kappa shape index (κ1) is 15.6. The van der Waals surface area contributed by atoms with Gasteiger partial charge in [0, 0.05) is 31.6 Å². The Morgan fingerprint density at radius 1 is 1.48 bits per heavy atom. The van der Waals surface area contributed by atoms with E-state index in [1.54, 1.807) is 18.0 Å². The van der Waals surface area contributed by atoms with Crippen LogP contribution in [0.4, 0.5) is 4.79 Å². The second-order valence-electron chi connectivity index (χ2n) is 4.93. The normalized spacial score (nSPS) is 18.3. The summed E-state index contributed by atoms with van der Waals surface area (Å²) < 4.78 is 0. The standard InChI is InChI=1S/C14H20N4O2S/c15-14(20)18-8-3-4-11(10-18)13(19)17-7-9-21-12-5-1-2-6-16-12/h1-2,5-6,11H,3-4,7-10H2,(H2,15,20)(H,17,19)/t11-/m1/s1. The third-order valence-electron chi connectivity index (χ3n) is 3.39. The first-order valence-corrected chi connectivity index (χ1v) is 8.01. The van der Waals surface area contributed by atoms with Gasteiger partial charge in [0.25, 0.3) is 0 Å². The van der Waals surface area contributed by atoms with Crippen molar-refractivity contribution in [3.8, 4) is 0 Å². The Bertz CT molecular complexity index is 483. The second kappa shape index (κ2) is 7.87. The van der Waals surface area contributed by atoms with E-state index in [1.807, 2.05) is 18.2 Å². The van der Waals surface area contributed by atoms with E-state index in [0.29, 0.717) is 19.6 Å². The van der Waals surface area contributed by atoms with Crippen LogP contribution in [0.3, 0.4) is 0 Å². The van der Waals surface area contributed by atoms with E-state index in [1.165, 1.54) is 4.90 Å². The van der Waals surface area contributed by atoms with Crippen molar-refractivity contribution in [1.82, 2.24) is 15.2 Å². The van der Waals surface area contributed by atoms with Crippen molar-refractivity contribution in [2.75, 3.05) is 25.4 Å². The monoisotopic (exact) mass is 308 g/mol. The van der Waals surface area contributed by atoms with Crippen molar-refractivity contribution in [3.63, 3.8) is 0 Å². The second-order valence-corrected chi connectivity index (χ2v) is 6.05. The molecule has 1 aliphatic rings. The molecule has 0 spiro atoms. The molecule has 3 N–H and O–H groups in total. The van der Waals surface area contributed by atoms with Gasteiger partial charge in [-0.25, -0.2) is 9.78 Å². The molecular weight excluding hydrogens is 288 g/mol. The van der Waals surface area contributed by atoms with Crippen LogP contribution in [-0.2, 0) is 4.79 Å². The number of nitrogens with one attached hydrogen (secondary N) is 1. The molecule has 1 saturated heterocycles. The number of nitrogens with zero attached hydrogens (tertiary/aromatic N) is 2. The number of pyridine rings is 1. The SMILES string of the molecule is NC(=O)N1CCC[C@@H](C(=O)NCCSc2ccccn2)C1. The highest BCUT2D eigenvalue weighted by molar-refractivity contribution is 7.99. The maximum absolute atomic E-state index is 12.1. The van der Waals surface area contributed by atoms with Crippen LogP contribution in [-0.4, -0.2) is 47.2 Å². The molecule has 3 amide bonds. The Labute approximate surface area is 128 Å². The predicted molar refractivity (Wildman–Crippen MR) is 81.9 cm³/mol. The van der Waals surface area contributed by atoms with Gasteiger partial charge in [-0.15, -0.1) is 11.8 Å². The number of primary amides is 1. The van der Waals surface area contributed by atoms with Gasteiger partial charge >= 0.3 is 6.03 Å². The van der Waals surface area contributed by atoms with Gasteiger partial charge < -0.3 is 16.0 Å². The smallest absolute Gasteiger partial charge is 0.314 e. The predicted octanol–water partition coefficient (Wildman–Crippen LogP) is 1.08. The highest BCUT2D eigenvalue weighted by Crippen LogP contribution is 2.17. The van der Waals surface area contributed by atoms with Crippen molar-refractivity contribution in [1.29, 1.82) is 0 Å². The number of aromatic nitrogens is 1. The number of carbonyl (C=O) groups excluding carboxylic acids is 2. The van der Waals surface area contributed by atoms with Crippen molar-refractivity contribution in [2.45, 2.75) is 17.9 Å². The van der Waals surface area contributed by atoms with Crippen LogP contribution < -0.4 is 11.1 Å². The van der Waals surface area contributed by atoms with E-state index in [-0.39, 0.29) is 11.8 Å². The van der Waals surface area contributed by atoms with Crippen molar-refractivity contribution >= 4 is 23.7 Å². The van der Waals surface area contributed by atoms with E-state index in [9.17, 15) is 9.59 Å². The molecule has 1 aromatic rings. The minimum Gasteiger partial charge on any atom is -0.355 e. The Hall–Kier alpha value is -1.76. The molecule has 2 heterocycles. The lowest BCUT2D eigenvalue weighted by Gasteiger charge is -2.30. The first-order chi connectivity index (χ1) is 10.2. The number of thioether (sulfide) groups is 1. The van der Waals surface area contributed by atoms with Crippen LogP contribution in [0, 0.1) is 5.92 Å². The molecule has 0 saturated carbocycles. The van der Waals surface area contributed by atoms with Gasteiger partial charge in [-0.3, -0.25) is 4.79 Å². The lowest BCUT2D eigenvalue weighted by Crippen LogP contribution is -2.47. The molecule has 21 heavy (non-hydrogen) atoms. The van der Waals surface area contributed by atoms with Gasteiger partial charge in [-0.2, -0.15) is 0 Å². The van der Waals surface area contributed by atoms with Crippen LogP contribution in [0.25, 0.3) is 0 Å². The maximum Gasteiger partial charge on any atom is 0.314 e. The maximum atomic E-state index is 12.1. The van der Waals surface area contributed by atoms with E-state index >= 15 is 0 Å². The molecule has 1 fully saturated rings. The van der Waals surface area contributed by atoms with E-state index in [0.717, 1.165) is 23.6 Å². The summed E-state index contributed by atoms with van der Waals surface area (Å²) in [6.07, 6.45) is 3.38. The Morgan fingerprint density at radius 2 is 2.33 bits per heavy atom. The van der Waals surface area contributed by atoms with Crippen molar-refractivity contribution < 1.29 is 9.59 Å². The molecule has 114 valence electrons. The van der Waals surface area contributed by atoms with Crippen molar-refractivity contribution in [3.05, 3.63) is 24.4 Å². The molecule has 1 atom stereocenters. The summed E-state index contributed by atoms with van der Waals surface area (Å²) >= 11 is 1.60. The van der Waals surface area contributed by atoms with E-state index < -0.39 is 6.03 Å². The third kappa shape index (κ3) is 4.93. The summed E-state index contributed by atoms with van der Waals surface area (Å²) in [6, 6.07) is 5.31. The fourth-order valence-corrected chi connectivity index (χ4v) is 3.02. The number of urea groups is 1. The summed E-state index contributed by atoms with van der Waals surface area (Å²) in [5.74, 6) is 0.628. The van der Waals surface area contributed by atoms with E-state index in [2.05, 4.69) is 10.3 Å². The molecule has 6 nitrogen and oxygen atoms in total. The minimum atomic E-state index is -0.446. The molecule has 2 rings (SSSR count). The highest BCUT2D eigenvalue weighted by atomic mass is 32.2. The summed E-state index contributed by atoms with van der Waals surface area (Å²) in [6.45, 7) is 1.66. The van der Waals surface area contributed by atoms with Crippen molar-refractivity contribution in [2.24, 2.45) is 11.7 Å². The van der Waals surface area contributed by atoms with Gasteiger partial charge in [0.1, 0.15) is 0 Å². The summed E-state index contributed by atoms with van der Waals surface area (Å²) in [5, 5.41) is 3.86. The zero-order chi connectivity index (χ0) is 15.1. The number of hydrogen-bond donors (Lipinski definition) is 2. The molecule has 1 aliphatic heterocycles. The molecule has 0 aliphatic carbocycles. The average Bonchev–Trinajstić information content (AvgIpc) is 2.52. The summed E-state index contributed by atoms with van der Waals surface area (Å²) in [4.78, 5) is 29.0. The van der Waals surface area contributed by atoms with Crippen LogP contribution >= 0.6 is 11.8 Å². The molecule has 0 bridgehead atoms.